The Bertz CT molecular complexity index is 281. The van der Waals surface area contributed by atoms with E-state index in [1.165, 1.54) is 35.9 Å². The van der Waals surface area contributed by atoms with Crippen LogP contribution in [0.5, 0.6) is 0 Å². The van der Waals surface area contributed by atoms with Crippen molar-refractivity contribution in [3.8, 4) is 0 Å². The van der Waals surface area contributed by atoms with Gasteiger partial charge in [0.15, 0.2) is 0 Å². The minimum Gasteiger partial charge on any atom is -0.312 e. The Morgan fingerprint density at radius 3 is 3.19 bits per heavy atom. The Kier molecular flexibility index (Phi) is 5.16. The summed E-state index contributed by atoms with van der Waals surface area (Å²) in [6, 6.07) is 5.08. The summed E-state index contributed by atoms with van der Waals surface area (Å²) in [7, 11) is 2.22. The first kappa shape index (κ1) is 12.4. The number of rotatable bonds is 5. The van der Waals surface area contributed by atoms with Gasteiger partial charge in [-0.2, -0.15) is 11.8 Å². The van der Waals surface area contributed by atoms with Crippen LogP contribution in [0.15, 0.2) is 17.5 Å². The van der Waals surface area contributed by atoms with Gasteiger partial charge in [0.2, 0.25) is 0 Å². The zero-order valence-electron chi connectivity index (χ0n) is 9.82. The Labute approximate surface area is 106 Å². The third-order valence-corrected chi connectivity index (χ3v) is 4.86. The Morgan fingerprint density at radius 1 is 1.56 bits per heavy atom. The standard InChI is InChI=1S/C12H20N2S2/c1-14(9-12-3-2-7-16-12)6-4-11-10-15-8-5-13-11/h2-3,7,11,13H,4-6,8-10H2,1H3. The van der Waals surface area contributed by atoms with Crippen molar-refractivity contribution in [1.82, 2.24) is 10.2 Å². The molecule has 1 fully saturated rings. The molecule has 0 radical (unpaired) electrons. The SMILES string of the molecule is CN(CCC1CSCCN1)Cc1cccs1. The molecule has 2 nitrogen and oxygen atoms in total. The molecule has 0 aromatic carbocycles. The summed E-state index contributed by atoms with van der Waals surface area (Å²) in [5.41, 5.74) is 0. The fourth-order valence-electron chi connectivity index (χ4n) is 1.93. The Hall–Kier alpha value is -0.0300. The third kappa shape index (κ3) is 4.09. The molecule has 1 saturated heterocycles. The lowest BCUT2D eigenvalue weighted by atomic mass is 10.2. The third-order valence-electron chi connectivity index (χ3n) is 2.86. The van der Waals surface area contributed by atoms with Crippen LogP contribution in [0, 0.1) is 0 Å². The zero-order chi connectivity index (χ0) is 11.2. The molecule has 0 aliphatic carbocycles. The van der Waals surface area contributed by atoms with Crippen LogP contribution < -0.4 is 5.32 Å². The maximum absolute atomic E-state index is 3.59. The average Bonchev–Trinajstić information content (AvgIpc) is 2.81. The van der Waals surface area contributed by atoms with E-state index in [1.807, 2.05) is 11.3 Å². The van der Waals surface area contributed by atoms with Gasteiger partial charge >= 0.3 is 0 Å². The van der Waals surface area contributed by atoms with Gasteiger partial charge in [-0.05, 0) is 31.5 Å². The van der Waals surface area contributed by atoms with E-state index in [-0.39, 0.29) is 0 Å². The Morgan fingerprint density at radius 2 is 2.50 bits per heavy atom. The molecule has 2 rings (SSSR count). The van der Waals surface area contributed by atoms with Gasteiger partial charge in [0.25, 0.3) is 0 Å². The molecule has 0 spiro atoms. The predicted molar refractivity (Wildman–Crippen MR) is 74.4 cm³/mol. The van der Waals surface area contributed by atoms with E-state index >= 15 is 0 Å². The fourth-order valence-corrected chi connectivity index (χ4v) is 3.71. The van der Waals surface area contributed by atoms with Crippen LogP contribution in [0.3, 0.4) is 0 Å². The minimum absolute atomic E-state index is 0.726. The lowest BCUT2D eigenvalue weighted by Crippen LogP contribution is -2.39. The van der Waals surface area contributed by atoms with Gasteiger partial charge in [0.1, 0.15) is 0 Å². The Balaban J connectivity index is 1.65. The molecule has 90 valence electrons. The zero-order valence-corrected chi connectivity index (χ0v) is 11.4. The topological polar surface area (TPSA) is 15.3 Å². The van der Waals surface area contributed by atoms with Crippen molar-refractivity contribution in [3.63, 3.8) is 0 Å². The fraction of sp³-hybridized carbons (Fsp3) is 0.667. The van der Waals surface area contributed by atoms with Crippen LogP contribution in [-0.4, -0.2) is 42.6 Å². The van der Waals surface area contributed by atoms with Crippen molar-refractivity contribution >= 4 is 23.1 Å². The number of nitrogens with zero attached hydrogens (tertiary/aromatic N) is 1. The lowest BCUT2D eigenvalue weighted by molar-refractivity contribution is 0.307. The number of hydrogen-bond donors (Lipinski definition) is 1. The summed E-state index contributed by atoms with van der Waals surface area (Å²) in [5, 5.41) is 5.74. The van der Waals surface area contributed by atoms with Gasteiger partial charge in [-0.3, -0.25) is 0 Å². The number of thioether (sulfide) groups is 1. The smallest absolute Gasteiger partial charge is 0.0324 e. The lowest BCUT2D eigenvalue weighted by Gasteiger charge is -2.25. The molecule has 0 saturated carbocycles. The molecule has 1 aliphatic heterocycles. The van der Waals surface area contributed by atoms with E-state index in [0.29, 0.717) is 0 Å². The second-order valence-corrected chi connectivity index (χ2v) is 6.51. The molecule has 1 aliphatic rings. The number of hydrogen-bond acceptors (Lipinski definition) is 4. The highest BCUT2D eigenvalue weighted by atomic mass is 32.2. The molecular weight excluding hydrogens is 236 g/mol. The van der Waals surface area contributed by atoms with Crippen molar-refractivity contribution in [2.24, 2.45) is 0 Å². The molecule has 1 N–H and O–H groups in total. The molecule has 1 aromatic rings. The summed E-state index contributed by atoms with van der Waals surface area (Å²) in [4.78, 5) is 3.89. The van der Waals surface area contributed by atoms with Gasteiger partial charge in [-0.1, -0.05) is 6.07 Å². The summed E-state index contributed by atoms with van der Waals surface area (Å²) < 4.78 is 0. The van der Waals surface area contributed by atoms with Crippen molar-refractivity contribution in [2.45, 2.75) is 19.0 Å². The van der Waals surface area contributed by atoms with Crippen LogP contribution in [0.1, 0.15) is 11.3 Å². The van der Waals surface area contributed by atoms with Crippen LogP contribution in [0.2, 0.25) is 0 Å². The highest BCUT2D eigenvalue weighted by Gasteiger charge is 2.13. The maximum atomic E-state index is 3.59. The highest BCUT2D eigenvalue weighted by Crippen LogP contribution is 2.13. The summed E-state index contributed by atoms with van der Waals surface area (Å²) in [6.07, 6.45) is 1.27. The van der Waals surface area contributed by atoms with E-state index in [0.717, 1.165) is 12.6 Å². The molecule has 16 heavy (non-hydrogen) atoms. The molecule has 2 heterocycles. The molecule has 0 bridgehead atoms. The van der Waals surface area contributed by atoms with Gasteiger partial charge in [-0.25, -0.2) is 0 Å². The predicted octanol–water partition coefficient (Wildman–Crippen LogP) is 2.28. The van der Waals surface area contributed by atoms with Crippen LogP contribution in [-0.2, 0) is 6.54 Å². The quantitative estimate of drug-likeness (QED) is 0.870. The van der Waals surface area contributed by atoms with Crippen molar-refractivity contribution in [3.05, 3.63) is 22.4 Å². The van der Waals surface area contributed by atoms with Gasteiger partial charge in [0, 0.05) is 35.5 Å². The van der Waals surface area contributed by atoms with E-state index in [1.54, 1.807) is 0 Å². The molecule has 1 unspecified atom stereocenters. The van der Waals surface area contributed by atoms with E-state index in [2.05, 4.69) is 46.5 Å². The minimum atomic E-state index is 0.726. The normalized spacial score (nSPS) is 21.5. The largest absolute Gasteiger partial charge is 0.312 e. The first-order valence-electron chi connectivity index (χ1n) is 5.86. The van der Waals surface area contributed by atoms with E-state index in [9.17, 15) is 0 Å². The van der Waals surface area contributed by atoms with Crippen molar-refractivity contribution < 1.29 is 0 Å². The maximum Gasteiger partial charge on any atom is 0.0324 e. The molecule has 0 amide bonds. The van der Waals surface area contributed by atoms with Crippen molar-refractivity contribution in [2.75, 3.05) is 31.6 Å². The highest BCUT2D eigenvalue weighted by molar-refractivity contribution is 7.99. The van der Waals surface area contributed by atoms with Gasteiger partial charge in [-0.15, -0.1) is 11.3 Å². The first-order chi connectivity index (χ1) is 7.84. The molecular formula is C12H20N2S2. The van der Waals surface area contributed by atoms with E-state index in [4.69, 9.17) is 0 Å². The molecule has 4 heteroatoms. The van der Waals surface area contributed by atoms with Gasteiger partial charge in [0.05, 0.1) is 0 Å². The molecule has 1 aromatic heterocycles. The van der Waals surface area contributed by atoms with Crippen LogP contribution >= 0.6 is 23.1 Å². The number of thiophene rings is 1. The second kappa shape index (κ2) is 6.64. The summed E-state index contributed by atoms with van der Waals surface area (Å²) >= 11 is 3.93. The second-order valence-electron chi connectivity index (χ2n) is 4.33. The summed E-state index contributed by atoms with van der Waals surface area (Å²) in [5.74, 6) is 2.56. The average molecular weight is 256 g/mol. The summed E-state index contributed by atoms with van der Waals surface area (Å²) in [6.45, 7) is 3.47. The molecule has 1 atom stereocenters. The first-order valence-corrected chi connectivity index (χ1v) is 7.90. The van der Waals surface area contributed by atoms with Gasteiger partial charge < -0.3 is 10.2 Å². The van der Waals surface area contributed by atoms with Crippen LogP contribution in [0.25, 0.3) is 0 Å². The van der Waals surface area contributed by atoms with Crippen LogP contribution in [0.4, 0.5) is 0 Å². The number of nitrogens with one attached hydrogen (secondary N) is 1. The van der Waals surface area contributed by atoms with E-state index < -0.39 is 0 Å². The van der Waals surface area contributed by atoms with Crippen molar-refractivity contribution in [1.29, 1.82) is 0 Å². The monoisotopic (exact) mass is 256 g/mol.